The van der Waals surface area contributed by atoms with Crippen molar-refractivity contribution in [3.8, 4) is 0 Å². The molecule has 0 spiro atoms. The lowest BCUT2D eigenvalue weighted by Crippen LogP contribution is -2.40. The van der Waals surface area contributed by atoms with E-state index in [4.69, 9.17) is 5.73 Å². The Kier molecular flexibility index (Phi) is 5.66. The molecule has 21 heavy (non-hydrogen) atoms. The van der Waals surface area contributed by atoms with Crippen molar-refractivity contribution in [3.63, 3.8) is 0 Å². The van der Waals surface area contributed by atoms with Gasteiger partial charge in [-0.1, -0.05) is 13.8 Å². The number of amides is 1. The Morgan fingerprint density at radius 2 is 2.05 bits per heavy atom. The predicted octanol–water partition coefficient (Wildman–Crippen LogP) is 2.03. The van der Waals surface area contributed by atoms with Crippen LogP contribution in [0.1, 0.15) is 40.2 Å². The van der Waals surface area contributed by atoms with Gasteiger partial charge in [0.05, 0.1) is 0 Å². The second-order valence-corrected chi connectivity index (χ2v) is 6.50. The van der Waals surface area contributed by atoms with Crippen molar-refractivity contribution in [1.82, 2.24) is 10.3 Å². The molecule has 1 rings (SSSR count). The summed E-state index contributed by atoms with van der Waals surface area (Å²) in [6.07, 6.45) is 1.52. The van der Waals surface area contributed by atoms with Crippen LogP contribution in [-0.2, 0) is 11.3 Å². The monoisotopic (exact) mass is 296 g/mol. The summed E-state index contributed by atoms with van der Waals surface area (Å²) in [4.78, 5) is 15.4. The first-order valence-electron chi connectivity index (χ1n) is 7.06. The number of halogens is 1. The second-order valence-electron chi connectivity index (χ2n) is 6.50. The Balaban J connectivity index is 2.92. The fraction of sp³-hybridized carbons (Fsp3) is 0.600. The van der Waals surface area contributed by atoms with Crippen molar-refractivity contribution >= 4 is 11.7 Å². The maximum absolute atomic E-state index is 14.4. The number of carbonyl (C=O) groups excluding carboxylic acids is 1. The number of nitrogens with zero attached hydrogens (tertiary/aromatic N) is 1. The highest BCUT2D eigenvalue weighted by molar-refractivity contribution is 5.83. The Morgan fingerprint density at radius 3 is 2.52 bits per heavy atom. The van der Waals surface area contributed by atoms with Crippen LogP contribution in [0.2, 0.25) is 0 Å². The molecule has 0 saturated heterocycles. The number of aromatic nitrogens is 1. The molecule has 0 aliphatic rings. The number of hydrogen-bond donors (Lipinski definition) is 3. The van der Waals surface area contributed by atoms with Gasteiger partial charge in [0.1, 0.15) is 6.04 Å². The summed E-state index contributed by atoms with van der Waals surface area (Å²) in [6, 6.07) is 0.964. The number of anilines is 1. The van der Waals surface area contributed by atoms with Gasteiger partial charge in [-0.3, -0.25) is 4.79 Å². The predicted molar refractivity (Wildman–Crippen MR) is 82.2 cm³/mol. The number of carbonyl (C=O) groups is 1. The van der Waals surface area contributed by atoms with Gasteiger partial charge in [0.25, 0.3) is 0 Å². The van der Waals surface area contributed by atoms with Crippen LogP contribution in [0.4, 0.5) is 10.2 Å². The smallest absolute Gasteiger partial charge is 0.240 e. The van der Waals surface area contributed by atoms with E-state index in [2.05, 4.69) is 15.6 Å². The van der Waals surface area contributed by atoms with Crippen LogP contribution in [0.15, 0.2) is 12.3 Å². The molecule has 1 amide bonds. The van der Waals surface area contributed by atoms with Gasteiger partial charge in [-0.15, -0.1) is 0 Å². The molecule has 0 aliphatic carbocycles. The average molecular weight is 296 g/mol. The molecule has 1 aromatic heterocycles. The molecular formula is C15H25FN4O. The number of primary amides is 1. The lowest BCUT2D eigenvalue weighted by molar-refractivity contribution is -0.119. The van der Waals surface area contributed by atoms with Crippen molar-refractivity contribution in [2.75, 3.05) is 5.32 Å². The van der Waals surface area contributed by atoms with E-state index in [1.165, 1.54) is 6.20 Å². The van der Waals surface area contributed by atoms with E-state index >= 15 is 0 Å². The lowest BCUT2D eigenvalue weighted by Gasteiger charge is -2.22. The van der Waals surface area contributed by atoms with Crippen LogP contribution >= 0.6 is 0 Å². The zero-order valence-corrected chi connectivity index (χ0v) is 13.3. The number of pyridine rings is 1. The number of rotatable bonds is 6. The third-order valence-corrected chi connectivity index (χ3v) is 3.04. The molecule has 0 radical (unpaired) electrons. The molecule has 0 aliphatic heterocycles. The van der Waals surface area contributed by atoms with Crippen LogP contribution in [-0.4, -0.2) is 22.5 Å². The van der Waals surface area contributed by atoms with E-state index in [9.17, 15) is 9.18 Å². The Labute approximate surface area is 125 Å². The highest BCUT2D eigenvalue weighted by Crippen LogP contribution is 2.18. The van der Waals surface area contributed by atoms with Crippen molar-refractivity contribution < 1.29 is 9.18 Å². The summed E-state index contributed by atoms with van der Waals surface area (Å²) in [6.45, 7) is 10.1. The van der Waals surface area contributed by atoms with Gasteiger partial charge in [0.2, 0.25) is 5.91 Å². The van der Waals surface area contributed by atoms with Gasteiger partial charge < -0.3 is 16.4 Å². The lowest BCUT2D eigenvalue weighted by atomic mass is 10.0. The van der Waals surface area contributed by atoms with E-state index in [0.717, 1.165) is 0 Å². The normalized spacial score (nSPS) is 13.3. The van der Waals surface area contributed by atoms with Gasteiger partial charge in [0.15, 0.2) is 11.6 Å². The average Bonchev–Trinajstić information content (AvgIpc) is 2.34. The summed E-state index contributed by atoms with van der Waals surface area (Å²) < 4.78 is 14.4. The molecule has 5 nitrogen and oxygen atoms in total. The maximum atomic E-state index is 14.4. The summed E-state index contributed by atoms with van der Waals surface area (Å²) in [5, 5.41) is 6.01. The third kappa shape index (κ3) is 5.30. The molecule has 0 aromatic carbocycles. The van der Waals surface area contributed by atoms with E-state index < -0.39 is 17.8 Å². The first-order valence-corrected chi connectivity index (χ1v) is 7.06. The van der Waals surface area contributed by atoms with Crippen molar-refractivity contribution in [1.29, 1.82) is 0 Å². The topological polar surface area (TPSA) is 80.0 Å². The molecule has 1 atom stereocenters. The molecule has 1 unspecified atom stereocenters. The van der Waals surface area contributed by atoms with Crippen LogP contribution in [0, 0.1) is 11.7 Å². The minimum absolute atomic E-state index is 0.0555. The van der Waals surface area contributed by atoms with E-state index in [0.29, 0.717) is 12.1 Å². The zero-order valence-electron chi connectivity index (χ0n) is 13.3. The Bertz CT molecular complexity index is 497. The summed E-state index contributed by atoms with van der Waals surface area (Å²) in [5.74, 6) is -0.980. The standard InChI is InChI=1S/C15H25FN4O/c1-9(2)12(13(17)21)20-14-11(16)10(6-7-18-14)8-19-15(3,4)5/h6-7,9,12,19H,8H2,1-5H3,(H2,17,21)(H,18,20). The van der Waals surface area contributed by atoms with E-state index in [-0.39, 0.29) is 17.3 Å². The van der Waals surface area contributed by atoms with Crippen molar-refractivity contribution in [2.45, 2.75) is 52.7 Å². The van der Waals surface area contributed by atoms with Crippen molar-refractivity contribution in [2.24, 2.45) is 11.7 Å². The Morgan fingerprint density at radius 1 is 1.43 bits per heavy atom. The van der Waals surface area contributed by atoms with Crippen LogP contribution < -0.4 is 16.4 Å². The van der Waals surface area contributed by atoms with Crippen LogP contribution in [0.5, 0.6) is 0 Å². The summed E-state index contributed by atoms with van der Waals surface area (Å²) in [7, 11) is 0. The van der Waals surface area contributed by atoms with E-state index in [1.807, 2.05) is 34.6 Å². The third-order valence-electron chi connectivity index (χ3n) is 3.04. The largest absolute Gasteiger partial charge is 0.368 e. The summed E-state index contributed by atoms with van der Waals surface area (Å²) in [5.41, 5.74) is 5.71. The highest BCUT2D eigenvalue weighted by Gasteiger charge is 2.22. The second kappa shape index (κ2) is 6.85. The van der Waals surface area contributed by atoms with Gasteiger partial charge in [0, 0.05) is 23.8 Å². The molecule has 118 valence electrons. The number of nitrogens with two attached hydrogens (primary N) is 1. The quantitative estimate of drug-likeness (QED) is 0.750. The number of nitrogens with one attached hydrogen (secondary N) is 2. The van der Waals surface area contributed by atoms with Gasteiger partial charge in [-0.2, -0.15) is 0 Å². The fourth-order valence-corrected chi connectivity index (χ4v) is 1.79. The molecule has 1 heterocycles. The fourth-order valence-electron chi connectivity index (χ4n) is 1.79. The number of hydrogen-bond acceptors (Lipinski definition) is 4. The van der Waals surface area contributed by atoms with Gasteiger partial charge in [-0.25, -0.2) is 9.37 Å². The minimum Gasteiger partial charge on any atom is -0.368 e. The maximum Gasteiger partial charge on any atom is 0.240 e. The van der Waals surface area contributed by atoms with Crippen LogP contribution in [0.3, 0.4) is 0 Å². The molecule has 0 saturated carbocycles. The molecule has 4 N–H and O–H groups in total. The summed E-state index contributed by atoms with van der Waals surface area (Å²) >= 11 is 0. The minimum atomic E-state index is -0.655. The molecule has 1 aromatic rings. The SMILES string of the molecule is CC(C)C(Nc1nccc(CNC(C)(C)C)c1F)C(N)=O. The first-order chi connectivity index (χ1) is 9.61. The zero-order chi connectivity index (χ0) is 16.2. The highest BCUT2D eigenvalue weighted by atomic mass is 19.1. The van der Waals surface area contributed by atoms with Crippen LogP contribution in [0.25, 0.3) is 0 Å². The first kappa shape index (κ1) is 17.4. The van der Waals surface area contributed by atoms with Gasteiger partial charge in [-0.05, 0) is 32.8 Å². The molecular weight excluding hydrogens is 271 g/mol. The van der Waals surface area contributed by atoms with Crippen molar-refractivity contribution in [3.05, 3.63) is 23.6 Å². The molecule has 0 fully saturated rings. The molecule has 6 heteroatoms. The van der Waals surface area contributed by atoms with Gasteiger partial charge >= 0.3 is 0 Å². The Hall–Kier alpha value is -1.69. The van der Waals surface area contributed by atoms with E-state index in [1.54, 1.807) is 6.07 Å². The molecule has 0 bridgehead atoms.